The van der Waals surface area contributed by atoms with E-state index in [0.29, 0.717) is 35.1 Å². The van der Waals surface area contributed by atoms with Crippen molar-refractivity contribution in [3.8, 4) is 0 Å². The minimum atomic E-state index is -0.262. The highest BCUT2D eigenvalue weighted by molar-refractivity contribution is 6.08. The molecule has 1 aromatic carbocycles. The molecule has 1 amide bonds. The molecule has 0 bridgehead atoms. The molecule has 0 fully saturated rings. The van der Waals surface area contributed by atoms with E-state index in [-0.39, 0.29) is 12.5 Å². The van der Waals surface area contributed by atoms with Gasteiger partial charge in [0.25, 0.3) is 5.91 Å². The third kappa shape index (κ3) is 3.73. The van der Waals surface area contributed by atoms with Crippen LogP contribution in [0.1, 0.15) is 47.4 Å². The van der Waals surface area contributed by atoms with E-state index in [1.165, 1.54) is 4.85 Å². The molecule has 0 radical (unpaired) electrons. The Morgan fingerprint density at radius 3 is 2.90 bits per heavy atom. The van der Waals surface area contributed by atoms with Crippen LogP contribution in [0.2, 0.25) is 0 Å². The predicted molar refractivity (Wildman–Crippen MR) is 107 cm³/mol. The third-order valence-corrected chi connectivity index (χ3v) is 4.72. The highest BCUT2D eigenvalue weighted by atomic mass is 16.7. The summed E-state index contributed by atoms with van der Waals surface area (Å²) in [5.41, 5.74) is 2.41. The number of nitrogens with zero attached hydrogens (tertiary/aromatic N) is 7. The van der Waals surface area contributed by atoms with Crippen LogP contribution >= 0.6 is 0 Å². The number of hydrogen-bond donors (Lipinski definition) is 1. The summed E-state index contributed by atoms with van der Waals surface area (Å²) in [5.74, 6) is 0.574. The smallest absolute Gasteiger partial charge is 0.264 e. The monoisotopic (exact) mass is 410 g/mol. The van der Waals surface area contributed by atoms with E-state index < -0.39 is 0 Å². The van der Waals surface area contributed by atoms with Gasteiger partial charge in [-0.2, -0.15) is 5.21 Å². The van der Waals surface area contributed by atoms with Crippen LogP contribution in [-0.4, -0.2) is 48.2 Å². The second kappa shape index (κ2) is 8.31. The van der Waals surface area contributed by atoms with E-state index in [1.54, 1.807) is 24.9 Å². The maximum atomic E-state index is 13.4. The Kier molecular flexibility index (Phi) is 5.42. The van der Waals surface area contributed by atoms with Crippen LogP contribution in [0.5, 0.6) is 0 Å². The van der Waals surface area contributed by atoms with Gasteiger partial charge in [0.2, 0.25) is 0 Å². The molecular formula is C19H22N8O3. The standard InChI is InChI=1S/C19H22N8O3/c1-4-5-8-29-27-16-7-6-15(9-14(16)10-20-27)26(11-17-21-24-25-22-17)19(28)18-12(2)23-30-13(18)3/h6-7,9-10H,4-5,8,11H2,1-3H3,(H,21,22,24,25). The molecule has 0 saturated heterocycles. The molecular weight excluding hydrogens is 388 g/mol. The zero-order valence-electron chi connectivity index (χ0n) is 17.0. The summed E-state index contributed by atoms with van der Waals surface area (Å²) in [7, 11) is 0. The lowest BCUT2D eigenvalue weighted by molar-refractivity contribution is 0.0897. The Bertz CT molecular complexity index is 1130. The molecule has 156 valence electrons. The fraction of sp³-hybridized carbons (Fsp3) is 0.368. The van der Waals surface area contributed by atoms with Gasteiger partial charge >= 0.3 is 0 Å². The summed E-state index contributed by atoms with van der Waals surface area (Å²) in [5, 5.41) is 23.0. The number of aromatic amines is 1. The van der Waals surface area contributed by atoms with Crippen molar-refractivity contribution < 1.29 is 14.2 Å². The van der Waals surface area contributed by atoms with Crippen LogP contribution < -0.4 is 9.74 Å². The average molecular weight is 410 g/mol. The minimum Gasteiger partial charge on any atom is -0.396 e. The Labute approximate surface area is 171 Å². The molecule has 0 saturated carbocycles. The van der Waals surface area contributed by atoms with Crippen molar-refractivity contribution in [2.24, 2.45) is 0 Å². The van der Waals surface area contributed by atoms with Crippen molar-refractivity contribution in [2.75, 3.05) is 11.5 Å². The highest BCUT2D eigenvalue weighted by Gasteiger charge is 2.26. The van der Waals surface area contributed by atoms with Gasteiger partial charge in [-0.1, -0.05) is 28.6 Å². The van der Waals surface area contributed by atoms with E-state index in [0.717, 1.165) is 23.7 Å². The lowest BCUT2D eigenvalue weighted by Crippen LogP contribution is -2.31. The van der Waals surface area contributed by atoms with Gasteiger partial charge in [0.1, 0.15) is 23.4 Å². The maximum Gasteiger partial charge on any atom is 0.264 e. The largest absolute Gasteiger partial charge is 0.396 e. The van der Waals surface area contributed by atoms with Crippen LogP contribution in [0.25, 0.3) is 10.9 Å². The maximum absolute atomic E-state index is 13.4. The van der Waals surface area contributed by atoms with Gasteiger partial charge in [-0.25, -0.2) is 0 Å². The van der Waals surface area contributed by atoms with Crippen molar-refractivity contribution in [2.45, 2.75) is 40.2 Å². The number of amides is 1. The molecule has 4 aromatic rings. The highest BCUT2D eigenvalue weighted by Crippen LogP contribution is 2.26. The molecule has 11 heteroatoms. The Balaban J connectivity index is 1.69. The van der Waals surface area contributed by atoms with E-state index >= 15 is 0 Å². The fourth-order valence-electron chi connectivity index (χ4n) is 3.16. The first-order chi connectivity index (χ1) is 14.6. The van der Waals surface area contributed by atoms with E-state index in [1.807, 2.05) is 18.2 Å². The van der Waals surface area contributed by atoms with Crippen molar-refractivity contribution >= 4 is 22.5 Å². The lowest BCUT2D eigenvalue weighted by Gasteiger charge is -2.21. The van der Waals surface area contributed by atoms with Crippen LogP contribution in [-0.2, 0) is 6.54 Å². The normalized spacial score (nSPS) is 11.2. The Morgan fingerprint density at radius 1 is 1.33 bits per heavy atom. The molecule has 0 atom stereocenters. The van der Waals surface area contributed by atoms with Gasteiger partial charge < -0.3 is 14.3 Å². The zero-order valence-corrected chi connectivity index (χ0v) is 17.0. The summed E-state index contributed by atoms with van der Waals surface area (Å²) >= 11 is 0. The topological polar surface area (TPSA) is 128 Å². The van der Waals surface area contributed by atoms with Crippen molar-refractivity contribution in [1.29, 1.82) is 0 Å². The quantitative estimate of drug-likeness (QED) is 0.438. The van der Waals surface area contributed by atoms with E-state index in [4.69, 9.17) is 9.36 Å². The molecule has 0 aliphatic carbocycles. The average Bonchev–Trinajstić information content (AvgIpc) is 3.47. The van der Waals surface area contributed by atoms with Gasteiger partial charge in [0, 0.05) is 11.1 Å². The molecule has 1 N–H and O–H groups in total. The number of tetrazole rings is 1. The van der Waals surface area contributed by atoms with E-state index in [9.17, 15) is 4.79 Å². The van der Waals surface area contributed by atoms with Crippen LogP contribution in [0, 0.1) is 13.8 Å². The molecule has 0 aliphatic rings. The number of unbranched alkanes of at least 4 members (excludes halogenated alkanes) is 1. The number of H-pyrrole nitrogens is 1. The Morgan fingerprint density at radius 2 is 2.20 bits per heavy atom. The number of nitrogens with one attached hydrogen (secondary N) is 1. The fourth-order valence-corrected chi connectivity index (χ4v) is 3.16. The summed E-state index contributed by atoms with van der Waals surface area (Å²) in [6.45, 7) is 6.26. The summed E-state index contributed by atoms with van der Waals surface area (Å²) in [6, 6.07) is 5.57. The third-order valence-electron chi connectivity index (χ3n) is 4.72. The first kappa shape index (κ1) is 19.6. The molecule has 11 nitrogen and oxygen atoms in total. The minimum absolute atomic E-state index is 0.131. The van der Waals surface area contributed by atoms with E-state index in [2.05, 4.69) is 37.8 Å². The molecule has 30 heavy (non-hydrogen) atoms. The number of benzene rings is 1. The van der Waals surface area contributed by atoms with Crippen molar-refractivity contribution in [3.05, 3.63) is 47.2 Å². The van der Waals surface area contributed by atoms with Crippen LogP contribution in [0.4, 0.5) is 5.69 Å². The molecule has 4 rings (SSSR count). The number of aromatic nitrogens is 7. The molecule has 3 aromatic heterocycles. The number of anilines is 1. The van der Waals surface area contributed by atoms with Gasteiger partial charge in [0.05, 0.1) is 18.4 Å². The van der Waals surface area contributed by atoms with Crippen molar-refractivity contribution in [1.82, 2.24) is 35.7 Å². The first-order valence-electron chi connectivity index (χ1n) is 9.66. The zero-order chi connectivity index (χ0) is 21.1. The molecule has 0 spiro atoms. The number of carbonyl (C=O) groups is 1. The SMILES string of the molecule is CCCCOn1ncc2cc(N(Cc3nn[nH]n3)C(=O)c3c(C)noc3C)ccc21. The molecule has 0 unspecified atom stereocenters. The van der Waals surface area contributed by atoms with Crippen LogP contribution in [0.15, 0.2) is 28.9 Å². The number of aryl methyl sites for hydroxylation is 2. The number of carbonyl (C=O) groups excluding carboxylic acids is 1. The van der Waals surface area contributed by atoms with Crippen molar-refractivity contribution in [3.63, 3.8) is 0 Å². The number of rotatable bonds is 8. The first-order valence-corrected chi connectivity index (χ1v) is 9.66. The summed E-state index contributed by atoms with van der Waals surface area (Å²) in [6.07, 6.45) is 3.69. The van der Waals surface area contributed by atoms with Gasteiger partial charge in [-0.3, -0.25) is 4.79 Å². The number of hydrogen-bond acceptors (Lipinski definition) is 8. The summed E-state index contributed by atoms with van der Waals surface area (Å²) < 4.78 is 5.18. The number of fused-ring (bicyclic) bond motifs is 1. The lowest BCUT2D eigenvalue weighted by atomic mass is 10.1. The van der Waals surface area contributed by atoms with Gasteiger partial charge in [-0.15, -0.1) is 15.3 Å². The Hall–Kier alpha value is -3.76. The summed E-state index contributed by atoms with van der Waals surface area (Å²) in [4.78, 5) is 22.1. The predicted octanol–water partition coefficient (Wildman–Crippen LogP) is 2.23. The molecule has 3 heterocycles. The second-order valence-corrected chi connectivity index (χ2v) is 6.87. The van der Waals surface area contributed by atoms with Gasteiger partial charge in [-0.05, 0) is 38.5 Å². The second-order valence-electron chi connectivity index (χ2n) is 6.87. The van der Waals surface area contributed by atoms with Gasteiger partial charge in [0.15, 0.2) is 5.82 Å². The molecule has 0 aliphatic heterocycles. The van der Waals surface area contributed by atoms with Crippen LogP contribution in [0.3, 0.4) is 0 Å².